The zero-order chi connectivity index (χ0) is 14.9. The number of halogens is 1. The lowest BCUT2D eigenvalue weighted by molar-refractivity contribution is -0.385. The molecular weight excluding hydrogens is 280 g/mol. The van der Waals surface area contributed by atoms with Crippen molar-refractivity contribution in [2.75, 3.05) is 0 Å². The Morgan fingerprint density at radius 3 is 2.75 bits per heavy atom. The average molecular weight is 297 g/mol. The molecule has 0 saturated heterocycles. The highest BCUT2D eigenvalue weighted by Gasteiger charge is 2.36. The van der Waals surface area contributed by atoms with Crippen molar-refractivity contribution in [2.45, 2.75) is 39.2 Å². The summed E-state index contributed by atoms with van der Waals surface area (Å²) in [7, 11) is 0. The van der Waals surface area contributed by atoms with Crippen molar-refractivity contribution >= 4 is 23.2 Å². The molecule has 1 amide bonds. The molecule has 1 aromatic carbocycles. The summed E-state index contributed by atoms with van der Waals surface area (Å²) in [6, 6.07) is 4.43. The van der Waals surface area contributed by atoms with Crippen LogP contribution in [-0.2, 0) is 0 Å². The van der Waals surface area contributed by atoms with Crippen molar-refractivity contribution in [3.8, 4) is 0 Å². The summed E-state index contributed by atoms with van der Waals surface area (Å²) in [6.07, 6.45) is 2.98. The van der Waals surface area contributed by atoms with Crippen LogP contribution in [0.3, 0.4) is 0 Å². The molecule has 0 aliphatic heterocycles. The van der Waals surface area contributed by atoms with E-state index in [0.717, 1.165) is 19.3 Å². The minimum atomic E-state index is -0.614. The van der Waals surface area contributed by atoms with Gasteiger partial charge >= 0.3 is 5.69 Å². The van der Waals surface area contributed by atoms with Crippen LogP contribution in [0.25, 0.3) is 0 Å². The van der Waals surface area contributed by atoms with Crippen LogP contribution in [-0.4, -0.2) is 16.9 Å². The van der Waals surface area contributed by atoms with E-state index in [1.54, 1.807) is 6.07 Å². The second-order valence-electron chi connectivity index (χ2n) is 5.80. The van der Waals surface area contributed by atoms with E-state index in [4.69, 9.17) is 11.6 Å². The number of nitrogens with one attached hydrogen (secondary N) is 1. The number of carbonyl (C=O) groups is 1. The predicted molar refractivity (Wildman–Crippen MR) is 77.0 cm³/mol. The molecule has 108 valence electrons. The first-order valence-electron chi connectivity index (χ1n) is 6.57. The van der Waals surface area contributed by atoms with Gasteiger partial charge in [0.2, 0.25) is 0 Å². The largest absolute Gasteiger partial charge is 0.349 e. The Morgan fingerprint density at radius 2 is 2.20 bits per heavy atom. The molecule has 1 saturated carbocycles. The highest BCUT2D eigenvalue weighted by molar-refractivity contribution is 6.33. The SMILES string of the molecule is CC1(C)CCCC1NC(=O)c1cccc(Cl)c1[N+](=O)[O-]. The van der Waals surface area contributed by atoms with E-state index in [-0.39, 0.29) is 27.7 Å². The quantitative estimate of drug-likeness (QED) is 0.684. The number of amides is 1. The van der Waals surface area contributed by atoms with E-state index in [1.165, 1.54) is 12.1 Å². The summed E-state index contributed by atoms with van der Waals surface area (Å²) < 4.78 is 0. The van der Waals surface area contributed by atoms with Gasteiger partial charge in [-0.15, -0.1) is 0 Å². The summed E-state index contributed by atoms with van der Waals surface area (Å²) in [5, 5.41) is 13.9. The van der Waals surface area contributed by atoms with E-state index in [1.807, 2.05) is 0 Å². The average Bonchev–Trinajstić information content (AvgIpc) is 2.67. The Labute approximate surface area is 122 Å². The molecule has 0 radical (unpaired) electrons. The number of benzene rings is 1. The molecule has 1 aliphatic carbocycles. The van der Waals surface area contributed by atoms with Gasteiger partial charge in [0.25, 0.3) is 5.91 Å². The summed E-state index contributed by atoms with van der Waals surface area (Å²) in [4.78, 5) is 22.7. The zero-order valence-electron chi connectivity index (χ0n) is 11.5. The van der Waals surface area contributed by atoms with Crippen molar-refractivity contribution in [3.63, 3.8) is 0 Å². The van der Waals surface area contributed by atoms with Gasteiger partial charge < -0.3 is 5.32 Å². The first-order chi connectivity index (χ1) is 9.33. The third-order valence-electron chi connectivity index (χ3n) is 3.98. The third-order valence-corrected chi connectivity index (χ3v) is 4.28. The number of nitrogens with zero attached hydrogens (tertiary/aromatic N) is 1. The monoisotopic (exact) mass is 296 g/mol. The van der Waals surface area contributed by atoms with Crippen molar-refractivity contribution in [2.24, 2.45) is 5.41 Å². The number of hydrogen-bond donors (Lipinski definition) is 1. The highest BCUT2D eigenvalue weighted by atomic mass is 35.5. The number of nitro benzene ring substituents is 1. The van der Waals surface area contributed by atoms with Gasteiger partial charge in [-0.25, -0.2) is 0 Å². The molecule has 20 heavy (non-hydrogen) atoms. The fourth-order valence-electron chi connectivity index (χ4n) is 2.71. The second-order valence-corrected chi connectivity index (χ2v) is 6.21. The molecule has 1 fully saturated rings. The number of hydrogen-bond acceptors (Lipinski definition) is 3. The van der Waals surface area contributed by atoms with Crippen molar-refractivity contribution < 1.29 is 9.72 Å². The molecular formula is C14H17ClN2O3. The van der Waals surface area contributed by atoms with E-state index >= 15 is 0 Å². The Morgan fingerprint density at radius 1 is 1.50 bits per heavy atom. The fraction of sp³-hybridized carbons (Fsp3) is 0.500. The molecule has 0 spiro atoms. The Hall–Kier alpha value is -1.62. The summed E-state index contributed by atoms with van der Waals surface area (Å²) >= 11 is 5.82. The van der Waals surface area contributed by atoms with Gasteiger partial charge in [-0.1, -0.05) is 37.9 Å². The van der Waals surface area contributed by atoms with Gasteiger partial charge in [-0.05, 0) is 30.4 Å². The first-order valence-corrected chi connectivity index (χ1v) is 6.94. The van der Waals surface area contributed by atoms with Crippen LogP contribution in [0.2, 0.25) is 5.02 Å². The molecule has 0 heterocycles. The van der Waals surface area contributed by atoms with Gasteiger partial charge in [-0.2, -0.15) is 0 Å². The minimum Gasteiger partial charge on any atom is -0.349 e. The Bertz CT molecular complexity index is 557. The summed E-state index contributed by atoms with van der Waals surface area (Å²) in [5.74, 6) is -0.431. The topological polar surface area (TPSA) is 72.2 Å². The normalized spacial score (nSPS) is 20.6. The zero-order valence-corrected chi connectivity index (χ0v) is 12.2. The molecule has 1 aliphatic rings. The Balaban J connectivity index is 2.26. The molecule has 1 atom stereocenters. The highest BCUT2D eigenvalue weighted by Crippen LogP contribution is 2.37. The second kappa shape index (κ2) is 5.40. The standard InChI is InChI=1S/C14H17ClN2O3/c1-14(2)8-4-7-11(14)16-13(18)9-5-3-6-10(15)12(9)17(19)20/h3,5-6,11H,4,7-8H2,1-2H3,(H,16,18). The van der Waals surface area contributed by atoms with E-state index in [0.29, 0.717) is 0 Å². The van der Waals surface area contributed by atoms with Crippen LogP contribution in [0.4, 0.5) is 5.69 Å². The maximum Gasteiger partial charge on any atom is 0.300 e. The van der Waals surface area contributed by atoms with Crippen LogP contribution >= 0.6 is 11.6 Å². The van der Waals surface area contributed by atoms with Crippen molar-refractivity contribution in [3.05, 3.63) is 38.9 Å². The molecule has 1 aromatic rings. The molecule has 2 rings (SSSR count). The first kappa shape index (κ1) is 14.8. The Kier molecular flexibility index (Phi) is 3.99. The van der Waals surface area contributed by atoms with Crippen LogP contribution in [0, 0.1) is 15.5 Å². The van der Waals surface area contributed by atoms with Crippen LogP contribution in [0.1, 0.15) is 43.5 Å². The number of carbonyl (C=O) groups excluding carboxylic acids is 1. The van der Waals surface area contributed by atoms with Crippen LogP contribution in [0.15, 0.2) is 18.2 Å². The summed E-state index contributed by atoms with van der Waals surface area (Å²) in [5.41, 5.74) is -0.295. The third kappa shape index (κ3) is 2.77. The number of nitro groups is 1. The van der Waals surface area contributed by atoms with Gasteiger partial charge in [0.1, 0.15) is 10.6 Å². The van der Waals surface area contributed by atoms with Crippen LogP contribution < -0.4 is 5.32 Å². The predicted octanol–water partition coefficient (Wildman–Crippen LogP) is 3.56. The van der Waals surface area contributed by atoms with Crippen LogP contribution in [0.5, 0.6) is 0 Å². The molecule has 1 N–H and O–H groups in total. The lowest BCUT2D eigenvalue weighted by Crippen LogP contribution is -2.41. The van der Waals surface area contributed by atoms with Crippen molar-refractivity contribution in [1.29, 1.82) is 0 Å². The molecule has 0 aromatic heterocycles. The van der Waals surface area contributed by atoms with E-state index < -0.39 is 10.8 Å². The van der Waals surface area contributed by atoms with Crippen molar-refractivity contribution in [1.82, 2.24) is 5.32 Å². The lowest BCUT2D eigenvalue weighted by atomic mass is 9.87. The molecule has 5 nitrogen and oxygen atoms in total. The molecule has 6 heteroatoms. The van der Waals surface area contributed by atoms with E-state index in [9.17, 15) is 14.9 Å². The number of rotatable bonds is 3. The van der Waals surface area contributed by atoms with E-state index in [2.05, 4.69) is 19.2 Å². The van der Waals surface area contributed by atoms with Gasteiger partial charge in [0, 0.05) is 6.04 Å². The molecule has 1 unspecified atom stereocenters. The maximum absolute atomic E-state index is 12.3. The van der Waals surface area contributed by atoms with Gasteiger partial charge in [0.15, 0.2) is 0 Å². The summed E-state index contributed by atoms with van der Waals surface area (Å²) in [6.45, 7) is 4.19. The molecule has 0 bridgehead atoms. The number of para-hydroxylation sites is 1. The minimum absolute atomic E-state index is 0.0169. The fourth-order valence-corrected chi connectivity index (χ4v) is 2.96. The maximum atomic E-state index is 12.3. The smallest absolute Gasteiger partial charge is 0.300 e. The lowest BCUT2D eigenvalue weighted by Gasteiger charge is -2.27. The van der Waals surface area contributed by atoms with Gasteiger partial charge in [0.05, 0.1) is 4.92 Å². The van der Waals surface area contributed by atoms with Gasteiger partial charge in [-0.3, -0.25) is 14.9 Å².